The van der Waals surface area contributed by atoms with E-state index in [0.29, 0.717) is 12.1 Å². The summed E-state index contributed by atoms with van der Waals surface area (Å²) in [6, 6.07) is 5.84. The van der Waals surface area contributed by atoms with E-state index in [1.54, 1.807) is 28.6 Å². The molecule has 3 rings (SSSR count). The lowest BCUT2D eigenvalue weighted by Crippen LogP contribution is -2.37. The van der Waals surface area contributed by atoms with Crippen LogP contribution < -0.4 is 4.72 Å². The number of carbonyl (C=O) groups excluding carboxylic acids is 1. The van der Waals surface area contributed by atoms with Crippen molar-refractivity contribution in [2.75, 3.05) is 13.1 Å². The summed E-state index contributed by atoms with van der Waals surface area (Å²) >= 11 is 0. The molecule has 1 atom stereocenters. The lowest BCUT2D eigenvalue weighted by molar-refractivity contribution is 0.0724. The van der Waals surface area contributed by atoms with Crippen molar-refractivity contribution in [3.05, 3.63) is 42.5 Å². The van der Waals surface area contributed by atoms with Crippen LogP contribution >= 0.6 is 0 Å². The molecule has 1 fully saturated rings. The van der Waals surface area contributed by atoms with E-state index < -0.39 is 10.0 Å². The highest BCUT2D eigenvalue weighted by Gasteiger charge is 2.22. The molecular formula is C17H23N5O3S. The molecule has 140 valence electrons. The van der Waals surface area contributed by atoms with Crippen LogP contribution in [0.15, 0.2) is 41.8 Å². The van der Waals surface area contributed by atoms with Gasteiger partial charge in [0.15, 0.2) is 0 Å². The second-order valence-corrected chi connectivity index (χ2v) is 8.23. The fourth-order valence-corrected chi connectivity index (χ4v) is 4.33. The Balaban J connectivity index is 1.72. The standard InChI is InChI=1S/C17H23N5O3S/c1-14(11-22-13-18-12-19-22)20-26(24,25)16-7-5-6-15(10-16)17(23)21-8-3-2-4-9-21/h5-7,10,12-14,20H,2-4,8-9,11H2,1H3/t14-/m0/s1. The molecule has 26 heavy (non-hydrogen) atoms. The highest BCUT2D eigenvalue weighted by molar-refractivity contribution is 7.89. The SMILES string of the molecule is C[C@@H](Cn1cncn1)NS(=O)(=O)c1cccc(C(=O)N2CCCCC2)c1. The summed E-state index contributed by atoms with van der Waals surface area (Å²) in [4.78, 5) is 18.3. The average molecular weight is 377 g/mol. The molecule has 1 aliphatic heterocycles. The largest absolute Gasteiger partial charge is 0.339 e. The van der Waals surface area contributed by atoms with Gasteiger partial charge in [-0.25, -0.2) is 18.1 Å². The van der Waals surface area contributed by atoms with Crippen LogP contribution in [0, 0.1) is 0 Å². The molecular weight excluding hydrogens is 354 g/mol. The zero-order chi connectivity index (χ0) is 18.6. The van der Waals surface area contributed by atoms with Crippen molar-refractivity contribution in [1.82, 2.24) is 24.4 Å². The second-order valence-electron chi connectivity index (χ2n) is 6.52. The van der Waals surface area contributed by atoms with E-state index in [-0.39, 0.29) is 16.8 Å². The molecule has 0 unspecified atom stereocenters. The summed E-state index contributed by atoms with van der Waals surface area (Å²) in [6.45, 7) is 3.57. The third-order valence-corrected chi connectivity index (χ3v) is 5.91. The molecule has 1 saturated heterocycles. The number of rotatable bonds is 6. The van der Waals surface area contributed by atoms with Gasteiger partial charge >= 0.3 is 0 Å². The average Bonchev–Trinajstić information content (AvgIpc) is 3.14. The number of piperidine rings is 1. The molecule has 0 aliphatic carbocycles. The molecule has 1 aliphatic rings. The lowest BCUT2D eigenvalue weighted by Gasteiger charge is -2.26. The van der Waals surface area contributed by atoms with Crippen LogP contribution in [-0.2, 0) is 16.6 Å². The number of aromatic nitrogens is 3. The Bertz CT molecular complexity index is 845. The van der Waals surface area contributed by atoms with Gasteiger partial charge in [-0.1, -0.05) is 6.07 Å². The van der Waals surface area contributed by atoms with Gasteiger partial charge in [-0.3, -0.25) is 9.48 Å². The van der Waals surface area contributed by atoms with Crippen molar-refractivity contribution in [2.45, 2.75) is 43.7 Å². The Kier molecular flexibility index (Phi) is 5.67. The fourth-order valence-electron chi connectivity index (χ4n) is 3.05. The topological polar surface area (TPSA) is 97.2 Å². The highest BCUT2D eigenvalue weighted by atomic mass is 32.2. The van der Waals surface area contributed by atoms with E-state index >= 15 is 0 Å². The molecule has 1 N–H and O–H groups in total. The van der Waals surface area contributed by atoms with Crippen LogP contribution in [0.2, 0.25) is 0 Å². The Hall–Kier alpha value is -2.26. The van der Waals surface area contributed by atoms with E-state index in [1.807, 2.05) is 0 Å². The van der Waals surface area contributed by atoms with Crippen molar-refractivity contribution in [3.8, 4) is 0 Å². The summed E-state index contributed by atoms with van der Waals surface area (Å²) < 4.78 is 29.5. The van der Waals surface area contributed by atoms with Crippen LogP contribution in [0.1, 0.15) is 36.5 Å². The van der Waals surface area contributed by atoms with Gasteiger partial charge in [0.05, 0.1) is 11.4 Å². The maximum absolute atomic E-state index is 12.6. The minimum Gasteiger partial charge on any atom is -0.339 e. The van der Waals surface area contributed by atoms with Crippen molar-refractivity contribution in [3.63, 3.8) is 0 Å². The summed E-state index contributed by atoms with van der Waals surface area (Å²) in [5.74, 6) is -0.114. The van der Waals surface area contributed by atoms with Crippen molar-refractivity contribution in [1.29, 1.82) is 0 Å². The number of likely N-dealkylation sites (tertiary alicyclic amines) is 1. The first-order valence-electron chi connectivity index (χ1n) is 8.70. The predicted octanol–water partition coefficient (Wildman–Crippen LogP) is 1.27. The minimum atomic E-state index is -3.73. The second kappa shape index (κ2) is 7.96. The van der Waals surface area contributed by atoms with E-state index in [4.69, 9.17) is 0 Å². The van der Waals surface area contributed by atoms with Gasteiger partial charge in [-0.05, 0) is 44.4 Å². The van der Waals surface area contributed by atoms with Crippen molar-refractivity contribution >= 4 is 15.9 Å². The van der Waals surface area contributed by atoms with Gasteiger partial charge in [0.1, 0.15) is 12.7 Å². The number of benzene rings is 1. The zero-order valence-electron chi connectivity index (χ0n) is 14.7. The van der Waals surface area contributed by atoms with Gasteiger partial charge in [0.2, 0.25) is 10.0 Å². The molecule has 1 amide bonds. The lowest BCUT2D eigenvalue weighted by atomic mass is 10.1. The first kappa shape index (κ1) is 18.5. The molecule has 8 nitrogen and oxygen atoms in total. The first-order valence-corrected chi connectivity index (χ1v) is 10.2. The van der Waals surface area contributed by atoms with E-state index in [2.05, 4.69) is 14.8 Å². The van der Waals surface area contributed by atoms with Gasteiger partial charge in [-0.2, -0.15) is 5.10 Å². The van der Waals surface area contributed by atoms with Crippen LogP contribution in [0.25, 0.3) is 0 Å². The Morgan fingerprint density at radius 2 is 2.04 bits per heavy atom. The quantitative estimate of drug-likeness (QED) is 0.818. The normalized spacial score (nSPS) is 16.4. The fraction of sp³-hybridized carbons (Fsp3) is 0.471. The Morgan fingerprint density at radius 3 is 2.73 bits per heavy atom. The Morgan fingerprint density at radius 1 is 1.27 bits per heavy atom. The van der Waals surface area contributed by atoms with Crippen LogP contribution in [0.3, 0.4) is 0 Å². The van der Waals surface area contributed by atoms with E-state index in [1.165, 1.54) is 24.8 Å². The summed E-state index contributed by atoms with van der Waals surface area (Å²) in [5.41, 5.74) is 0.402. The molecule has 0 saturated carbocycles. The number of nitrogens with one attached hydrogen (secondary N) is 1. The summed E-state index contributed by atoms with van der Waals surface area (Å²) in [6.07, 6.45) is 6.04. The number of sulfonamides is 1. The Labute approximate surface area is 153 Å². The number of hydrogen-bond donors (Lipinski definition) is 1. The van der Waals surface area contributed by atoms with Crippen LogP contribution in [0.4, 0.5) is 0 Å². The molecule has 0 bridgehead atoms. The first-order chi connectivity index (χ1) is 12.5. The monoisotopic (exact) mass is 377 g/mol. The maximum atomic E-state index is 12.6. The van der Waals surface area contributed by atoms with Gasteiger partial charge in [0.25, 0.3) is 5.91 Å². The molecule has 2 aromatic rings. The molecule has 1 aromatic carbocycles. The van der Waals surface area contributed by atoms with Crippen LogP contribution in [-0.4, -0.2) is 53.1 Å². The molecule has 1 aromatic heterocycles. The smallest absolute Gasteiger partial charge is 0.253 e. The number of carbonyl (C=O) groups is 1. The van der Waals surface area contributed by atoms with E-state index in [9.17, 15) is 13.2 Å². The highest BCUT2D eigenvalue weighted by Crippen LogP contribution is 2.17. The predicted molar refractivity (Wildman–Crippen MR) is 96.0 cm³/mol. The van der Waals surface area contributed by atoms with Crippen LogP contribution in [0.5, 0.6) is 0 Å². The molecule has 0 spiro atoms. The van der Waals surface area contributed by atoms with Crippen molar-refractivity contribution in [2.24, 2.45) is 0 Å². The van der Waals surface area contributed by atoms with Gasteiger partial charge in [0, 0.05) is 24.7 Å². The minimum absolute atomic E-state index is 0.0887. The number of nitrogens with zero attached hydrogens (tertiary/aromatic N) is 4. The molecule has 2 heterocycles. The third kappa shape index (κ3) is 4.47. The van der Waals surface area contributed by atoms with Gasteiger partial charge in [-0.15, -0.1) is 0 Å². The number of hydrogen-bond acceptors (Lipinski definition) is 5. The molecule has 9 heteroatoms. The number of amides is 1. The van der Waals surface area contributed by atoms with Crippen molar-refractivity contribution < 1.29 is 13.2 Å². The maximum Gasteiger partial charge on any atom is 0.253 e. The zero-order valence-corrected chi connectivity index (χ0v) is 15.5. The summed E-state index contributed by atoms with van der Waals surface area (Å²) in [5, 5.41) is 3.97. The third-order valence-electron chi connectivity index (χ3n) is 4.32. The molecule has 0 radical (unpaired) electrons. The van der Waals surface area contributed by atoms with E-state index in [0.717, 1.165) is 32.4 Å². The van der Waals surface area contributed by atoms with Gasteiger partial charge < -0.3 is 4.90 Å². The summed E-state index contributed by atoms with van der Waals surface area (Å²) in [7, 11) is -3.73.